The number of ether oxygens (including phenoxy) is 1. The Morgan fingerprint density at radius 1 is 0.941 bits per heavy atom. The Balaban J connectivity index is 4.53. The summed E-state index contributed by atoms with van der Waals surface area (Å²) >= 11 is 0. The molecule has 0 saturated heterocycles. The van der Waals surface area contributed by atoms with E-state index in [2.05, 4.69) is 71.6 Å². The van der Waals surface area contributed by atoms with Crippen molar-refractivity contribution in [3.63, 3.8) is 0 Å². The third-order valence-corrected chi connectivity index (χ3v) is 5.23. The van der Waals surface area contributed by atoms with Gasteiger partial charge in [-0.05, 0) is 37.0 Å². The normalized spacial score (nSPS) is 19.2. The summed E-state index contributed by atoms with van der Waals surface area (Å²) in [6.45, 7) is 20.3. The molecule has 0 aliphatic carbocycles. The van der Waals surface area contributed by atoms with Crippen molar-refractivity contribution in [2.24, 2.45) is 16.7 Å². The molecule has 0 fully saturated rings. The maximum absolute atomic E-state index is 6.19. The summed E-state index contributed by atoms with van der Waals surface area (Å²) in [5, 5.41) is -0.118. The second kappa shape index (κ2) is 5.57. The number of rotatable bonds is 5. The molecule has 0 N–H and O–H groups in total. The molecule has 0 aromatic heterocycles. The lowest BCUT2D eigenvalue weighted by Gasteiger charge is -2.42. The van der Waals surface area contributed by atoms with Crippen LogP contribution in [-0.2, 0) is 4.74 Å². The highest BCUT2D eigenvalue weighted by Gasteiger charge is 2.36. The van der Waals surface area contributed by atoms with Gasteiger partial charge < -0.3 is 4.74 Å². The molecule has 17 heavy (non-hydrogen) atoms. The highest BCUT2D eigenvalue weighted by molar-refractivity contribution is 7.18. The maximum atomic E-state index is 6.19. The molecule has 3 unspecified atom stereocenters. The molecule has 1 nitrogen and oxygen atoms in total. The minimum absolute atomic E-state index is 0.118. The van der Waals surface area contributed by atoms with E-state index in [4.69, 9.17) is 4.74 Å². The molecule has 0 aromatic carbocycles. The Morgan fingerprint density at radius 3 is 1.65 bits per heavy atom. The highest BCUT2D eigenvalue weighted by Crippen LogP contribution is 2.43. The Morgan fingerprint density at radius 2 is 1.35 bits per heavy atom. The van der Waals surface area contributed by atoms with Crippen molar-refractivity contribution in [1.29, 1.82) is 0 Å². The third-order valence-electron chi connectivity index (χ3n) is 4.43. The van der Waals surface area contributed by atoms with E-state index in [9.17, 15) is 0 Å². The molecule has 0 heterocycles. The van der Waals surface area contributed by atoms with Gasteiger partial charge in [0.1, 0.15) is 0 Å². The van der Waals surface area contributed by atoms with Crippen LogP contribution in [0.25, 0.3) is 0 Å². The quantitative estimate of drug-likeness (QED) is 0.625. The summed E-state index contributed by atoms with van der Waals surface area (Å²) < 4.78 is 6.19. The monoisotopic (exact) mass is 260 g/mol. The summed E-state index contributed by atoms with van der Waals surface area (Å²) in [4.78, 5) is 0. The Hall–Kier alpha value is 0.390. The molecular weight excluding hydrogens is 227 g/mol. The number of hydrogen-bond acceptors (Lipinski definition) is 1. The summed E-state index contributed by atoms with van der Waals surface area (Å²) in [5.41, 5.74) is 0.587. The second-order valence-corrected chi connectivity index (χ2v) is 8.75. The van der Waals surface area contributed by atoms with E-state index in [0.717, 1.165) is 6.42 Å². The zero-order valence-electron chi connectivity index (χ0n) is 13.3. The first-order chi connectivity index (χ1) is 7.29. The van der Waals surface area contributed by atoms with Crippen molar-refractivity contribution in [3.8, 4) is 0 Å². The average Bonchev–Trinajstić information content (AvgIpc) is 1.98. The first-order valence-electron chi connectivity index (χ1n) is 6.76. The Bertz CT molecular complexity index is 236. The van der Waals surface area contributed by atoms with Crippen LogP contribution in [0.2, 0.25) is 0 Å². The van der Waals surface area contributed by atoms with Gasteiger partial charge in [0, 0.05) is 0 Å². The third kappa shape index (κ3) is 5.26. The van der Waals surface area contributed by atoms with E-state index < -0.39 is 0 Å². The van der Waals surface area contributed by atoms with Crippen LogP contribution in [0.3, 0.4) is 0 Å². The van der Waals surface area contributed by atoms with E-state index in [1.807, 2.05) is 0 Å². The lowest BCUT2D eigenvalue weighted by Crippen LogP contribution is -2.37. The van der Waals surface area contributed by atoms with Gasteiger partial charge in [-0.1, -0.05) is 48.5 Å². The minimum Gasteiger partial charge on any atom is -0.368 e. The molecule has 0 aliphatic rings. The largest absolute Gasteiger partial charge is 0.368 e. The van der Waals surface area contributed by atoms with Gasteiger partial charge in [-0.15, -0.1) is 9.24 Å². The van der Waals surface area contributed by atoms with E-state index in [1.165, 1.54) is 0 Å². The molecule has 0 saturated carbocycles. The fraction of sp³-hybridized carbons (Fsp3) is 1.00. The molecule has 0 bridgehead atoms. The molecule has 0 amide bonds. The van der Waals surface area contributed by atoms with Crippen LogP contribution in [0, 0.1) is 16.7 Å². The van der Waals surface area contributed by atoms with Crippen molar-refractivity contribution < 1.29 is 4.74 Å². The van der Waals surface area contributed by atoms with Crippen molar-refractivity contribution in [2.75, 3.05) is 0 Å². The van der Waals surface area contributed by atoms with Gasteiger partial charge in [-0.3, -0.25) is 0 Å². The van der Waals surface area contributed by atoms with Gasteiger partial charge >= 0.3 is 0 Å². The van der Waals surface area contributed by atoms with Crippen LogP contribution in [0.4, 0.5) is 0 Å². The fourth-order valence-electron chi connectivity index (χ4n) is 1.64. The van der Waals surface area contributed by atoms with Crippen LogP contribution in [-0.4, -0.2) is 11.4 Å². The molecule has 0 rings (SSSR count). The summed E-state index contributed by atoms with van der Waals surface area (Å²) in [6.07, 6.45) is 1.38. The average molecular weight is 260 g/mol. The van der Waals surface area contributed by atoms with E-state index >= 15 is 0 Å². The van der Waals surface area contributed by atoms with Crippen molar-refractivity contribution in [3.05, 3.63) is 0 Å². The number of hydrogen-bond donors (Lipinski definition) is 0. The molecule has 0 aromatic rings. The van der Waals surface area contributed by atoms with Crippen molar-refractivity contribution >= 4 is 9.24 Å². The molecule has 0 spiro atoms. The zero-order valence-corrected chi connectivity index (χ0v) is 14.5. The second-order valence-electron chi connectivity index (χ2n) is 7.61. The molecule has 0 aliphatic heterocycles. The summed E-state index contributed by atoms with van der Waals surface area (Å²) in [6, 6.07) is 0. The highest BCUT2D eigenvalue weighted by atomic mass is 31.0. The lowest BCUT2D eigenvalue weighted by atomic mass is 9.66. The zero-order chi connectivity index (χ0) is 14.1. The van der Waals surface area contributed by atoms with E-state index in [1.54, 1.807) is 0 Å². The standard InChI is InChI=1S/C15H33OP/c1-11(2)15(9,17)16-12(3)10-14(7,8)13(4,5)6/h11-12H,10,17H2,1-9H3. The molecule has 0 radical (unpaired) electrons. The first kappa shape index (κ1) is 17.4. The van der Waals surface area contributed by atoms with E-state index in [-0.39, 0.29) is 16.9 Å². The summed E-state index contributed by atoms with van der Waals surface area (Å²) in [5.74, 6) is 0.507. The van der Waals surface area contributed by atoms with Crippen LogP contribution >= 0.6 is 9.24 Å². The van der Waals surface area contributed by atoms with Gasteiger partial charge in [0.25, 0.3) is 0 Å². The SMILES string of the molecule is CC(CC(C)(C)C(C)(C)C)OC(C)(P)C(C)C. The smallest absolute Gasteiger partial charge is 0.0811 e. The van der Waals surface area contributed by atoms with Gasteiger partial charge in [0.2, 0.25) is 0 Å². The lowest BCUT2D eigenvalue weighted by molar-refractivity contribution is -0.0699. The van der Waals surface area contributed by atoms with Crippen LogP contribution < -0.4 is 0 Å². The Kier molecular flexibility index (Phi) is 5.70. The first-order valence-corrected chi connectivity index (χ1v) is 7.34. The topological polar surface area (TPSA) is 9.23 Å². The molecule has 2 heteroatoms. The molecule has 104 valence electrons. The Labute approximate surface area is 111 Å². The van der Waals surface area contributed by atoms with Crippen molar-refractivity contribution in [1.82, 2.24) is 0 Å². The van der Waals surface area contributed by atoms with Crippen molar-refractivity contribution in [2.45, 2.75) is 80.2 Å². The van der Waals surface area contributed by atoms with Crippen LogP contribution in [0.1, 0.15) is 68.7 Å². The van der Waals surface area contributed by atoms with Gasteiger partial charge in [-0.25, -0.2) is 0 Å². The van der Waals surface area contributed by atoms with Crippen LogP contribution in [0.5, 0.6) is 0 Å². The van der Waals surface area contributed by atoms with Gasteiger partial charge in [0.15, 0.2) is 0 Å². The van der Waals surface area contributed by atoms with Gasteiger partial charge in [0.05, 0.1) is 11.4 Å². The fourth-order valence-corrected chi connectivity index (χ4v) is 1.87. The van der Waals surface area contributed by atoms with Gasteiger partial charge in [-0.2, -0.15) is 0 Å². The molecular formula is C15H33OP. The maximum Gasteiger partial charge on any atom is 0.0811 e. The predicted molar refractivity (Wildman–Crippen MR) is 81.4 cm³/mol. The van der Waals surface area contributed by atoms with E-state index in [0.29, 0.717) is 11.3 Å². The minimum atomic E-state index is -0.118. The van der Waals surface area contributed by atoms with Crippen LogP contribution in [0.15, 0.2) is 0 Å². The summed E-state index contributed by atoms with van der Waals surface area (Å²) in [7, 11) is 2.85. The predicted octanol–water partition coefficient (Wildman–Crippen LogP) is 5.10. The molecule has 3 atom stereocenters.